The average Bonchev–Trinajstić information content (AvgIpc) is 2.45. The van der Waals surface area contributed by atoms with Gasteiger partial charge in [0.2, 0.25) is 0 Å². The summed E-state index contributed by atoms with van der Waals surface area (Å²) >= 11 is 0. The van der Waals surface area contributed by atoms with Crippen molar-refractivity contribution in [1.82, 2.24) is 4.98 Å². The third kappa shape index (κ3) is 4.20. The van der Waals surface area contributed by atoms with Gasteiger partial charge in [0.05, 0.1) is 6.10 Å². The predicted octanol–water partition coefficient (Wildman–Crippen LogP) is 2.45. The van der Waals surface area contributed by atoms with Gasteiger partial charge in [-0.15, -0.1) is 0 Å². The molecule has 0 aliphatic heterocycles. The van der Waals surface area contributed by atoms with E-state index in [-0.39, 0.29) is 12.7 Å². The summed E-state index contributed by atoms with van der Waals surface area (Å²) in [6.45, 7) is 4.54. The Kier molecular flexibility index (Phi) is 4.90. The van der Waals surface area contributed by atoms with Gasteiger partial charge in [-0.25, -0.2) is 0 Å². The van der Waals surface area contributed by atoms with Gasteiger partial charge in [-0.3, -0.25) is 4.98 Å². The SMILES string of the molecule is CC(C)OCC(N)=NOCc1ccc2cnccc2c1. The molecule has 0 amide bonds. The molecular formula is C15H19N3O2. The second-order valence-corrected chi connectivity index (χ2v) is 4.77. The third-order valence-electron chi connectivity index (χ3n) is 2.68. The molecule has 5 nitrogen and oxygen atoms in total. The Hall–Kier alpha value is -2.14. The van der Waals surface area contributed by atoms with E-state index in [1.54, 1.807) is 6.20 Å². The van der Waals surface area contributed by atoms with Crippen molar-refractivity contribution in [2.24, 2.45) is 10.9 Å². The second-order valence-electron chi connectivity index (χ2n) is 4.77. The molecule has 0 bridgehead atoms. The Labute approximate surface area is 118 Å². The van der Waals surface area contributed by atoms with Gasteiger partial charge in [-0.1, -0.05) is 17.3 Å². The molecule has 2 aromatic rings. The molecule has 0 fully saturated rings. The van der Waals surface area contributed by atoms with Crippen LogP contribution in [0.4, 0.5) is 0 Å². The van der Waals surface area contributed by atoms with Gasteiger partial charge >= 0.3 is 0 Å². The average molecular weight is 273 g/mol. The van der Waals surface area contributed by atoms with Gasteiger partial charge in [0.25, 0.3) is 0 Å². The van der Waals surface area contributed by atoms with Gasteiger partial charge in [-0.05, 0) is 36.9 Å². The number of benzene rings is 1. The zero-order valence-electron chi connectivity index (χ0n) is 11.7. The molecule has 0 spiro atoms. The van der Waals surface area contributed by atoms with Crippen molar-refractivity contribution in [3.05, 3.63) is 42.2 Å². The summed E-state index contributed by atoms with van der Waals surface area (Å²) < 4.78 is 5.32. The normalized spacial score (nSPS) is 12.1. The first-order valence-electron chi connectivity index (χ1n) is 6.53. The number of rotatable bonds is 6. The van der Waals surface area contributed by atoms with E-state index in [0.29, 0.717) is 12.4 Å². The maximum absolute atomic E-state index is 5.67. The lowest BCUT2D eigenvalue weighted by molar-refractivity contribution is 0.0987. The summed E-state index contributed by atoms with van der Waals surface area (Å²) in [7, 11) is 0. The first-order valence-corrected chi connectivity index (χ1v) is 6.53. The Morgan fingerprint density at radius 2 is 2.15 bits per heavy atom. The van der Waals surface area contributed by atoms with Crippen molar-refractivity contribution in [3.63, 3.8) is 0 Å². The van der Waals surface area contributed by atoms with Crippen LogP contribution in [0, 0.1) is 0 Å². The van der Waals surface area contributed by atoms with E-state index in [9.17, 15) is 0 Å². The van der Waals surface area contributed by atoms with Crippen LogP contribution in [0.25, 0.3) is 10.8 Å². The van der Waals surface area contributed by atoms with Gasteiger partial charge in [0.15, 0.2) is 5.84 Å². The summed E-state index contributed by atoms with van der Waals surface area (Å²) in [6, 6.07) is 8.01. The number of nitrogens with two attached hydrogens (primary N) is 1. The van der Waals surface area contributed by atoms with Crippen molar-refractivity contribution in [3.8, 4) is 0 Å². The Morgan fingerprint density at radius 3 is 2.95 bits per heavy atom. The van der Waals surface area contributed by atoms with Crippen LogP contribution in [0.2, 0.25) is 0 Å². The maximum atomic E-state index is 5.67. The van der Waals surface area contributed by atoms with Crippen molar-refractivity contribution in [2.45, 2.75) is 26.6 Å². The number of nitrogens with zero attached hydrogens (tertiary/aromatic N) is 2. The van der Waals surface area contributed by atoms with Gasteiger partial charge < -0.3 is 15.3 Å². The Morgan fingerprint density at radius 1 is 1.30 bits per heavy atom. The molecule has 0 saturated heterocycles. The lowest BCUT2D eigenvalue weighted by Gasteiger charge is -2.07. The van der Waals surface area contributed by atoms with Crippen LogP contribution in [-0.2, 0) is 16.2 Å². The van der Waals surface area contributed by atoms with E-state index in [2.05, 4.69) is 10.1 Å². The molecule has 2 N–H and O–H groups in total. The van der Waals surface area contributed by atoms with E-state index >= 15 is 0 Å². The molecule has 1 heterocycles. The topological polar surface area (TPSA) is 69.7 Å². The van der Waals surface area contributed by atoms with E-state index < -0.39 is 0 Å². The second kappa shape index (κ2) is 6.86. The van der Waals surface area contributed by atoms with Crippen molar-refractivity contribution in [1.29, 1.82) is 0 Å². The predicted molar refractivity (Wildman–Crippen MR) is 79.2 cm³/mol. The maximum Gasteiger partial charge on any atom is 0.165 e. The fourth-order valence-corrected chi connectivity index (χ4v) is 1.69. The minimum Gasteiger partial charge on any atom is -0.389 e. The van der Waals surface area contributed by atoms with E-state index in [1.165, 1.54) is 0 Å². The molecule has 2 rings (SSSR count). The van der Waals surface area contributed by atoms with Gasteiger partial charge in [-0.2, -0.15) is 0 Å². The molecule has 0 radical (unpaired) electrons. The highest BCUT2D eigenvalue weighted by Crippen LogP contribution is 2.15. The molecule has 106 valence electrons. The molecule has 1 aromatic heterocycles. The fraction of sp³-hybridized carbons (Fsp3) is 0.333. The zero-order chi connectivity index (χ0) is 14.4. The lowest BCUT2D eigenvalue weighted by Crippen LogP contribution is -2.21. The minimum atomic E-state index is 0.123. The van der Waals surface area contributed by atoms with Crippen LogP contribution >= 0.6 is 0 Å². The van der Waals surface area contributed by atoms with E-state index in [4.69, 9.17) is 15.3 Å². The molecule has 1 aromatic carbocycles. The summed E-state index contributed by atoms with van der Waals surface area (Å²) in [5, 5.41) is 6.06. The van der Waals surface area contributed by atoms with Crippen LogP contribution in [-0.4, -0.2) is 23.5 Å². The Balaban J connectivity index is 1.90. The van der Waals surface area contributed by atoms with Crippen molar-refractivity contribution >= 4 is 16.6 Å². The summed E-state index contributed by atoms with van der Waals surface area (Å²) in [5.74, 6) is 0.337. The van der Waals surface area contributed by atoms with Crippen LogP contribution in [0.3, 0.4) is 0 Å². The summed E-state index contributed by atoms with van der Waals surface area (Å²) in [4.78, 5) is 9.31. The standard InChI is InChI=1S/C15H19N3O2/c1-11(2)19-10-15(16)18-20-9-12-3-4-14-8-17-6-5-13(14)7-12/h3-8,11H,9-10H2,1-2H3,(H2,16,18). The largest absolute Gasteiger partial charge is 0.389 e. The smallest absolute Gasteiger partial charge is 0.165 e. The van der Waals surface area contributed by atoms with Crippen LogP contribution in [0.5, 0.6) is 0 Å². The third-order valence-corrected chi connectivity index (χ3v) is 2.68. The first-order chi connectivity index (χ1) is 9.65. The fourth-order valence-electron chi connectivity index (χ4n) is 1.69. The number of amidine groups is 1. The molecule has 5 heteroatoms. The van der Waals surface area contributed by atoms with Gasteiger partial charge in [0, 0.05) is 17.8 Å². The summed E-state index contributed by atoms with van der Waals surface area (Å²) in [6.07, 6.45) is 3.73. The van der Waals surface area contributed by atoms with Gasteiger partial charge in [0.1, 0.15) is 13.2 Å². The highest BCUT2D eigenvalue weighted by atomic mass is 16.6. The number of ether oxygens (including phenoxy) is 1. The number of aromatic nitrogens is 1. The number of fused-ring (bicyclic) bond motifs is 1. The van der Waals surface area contributed by atoms with Crippen LogP contribution < -0.4 is 5.73 Å². The number of pyridine rings is 1. The first kappa shape index (κ1) is 14.3. The highest BCUT2D eigenvalue weighted by Gasteiger charge is 1.99. The molecule has 0 aliphatic carbocycles. The molecular weight excluding hydrogens is 254 g/mol. The zero-order valence-corrected chi connectivity index (χ0v) is 11.7. The Bertz CT molecular complexity index is 596. The molecule has 20 heavy (non-hydrogen) atoms. The van der Waals surface area contributed by atoms with Crippen molar-refractivity contribution in [2.75, 3.05) is 6.61 Å². The quantitative estimate of drug-likeness (QED) is 0.498. The summed E-state index contributed by atoms with van der Waals surface area (Å²) in [5.41, 5.74) is 6.70. The molecule has 0 saturated carbocycles. The van der Waals surface area contributed by atoms with E-state index in [0.717, 1.165) is 16.3 Å². The molecule has 0 atom stereocenters. The monoisotopic (exact) mass is 273 g/mol. The molecule has 0 unspecified atom stereocenters. The molecule has 0 aliphatic rings. The van der Waals surface area contributed by atoms with Crippen LogP contribution in [0.15, 0.2) is 41.8 Å². The highest BCUT2D eigenvalue weighted by molar-refractivity contribution is 5.82. The minimum absolute atomic E-state index is 0.123. The number of oxime groups is 1. The number of hydrogen-bond acceptors (Lipinski definition) is 4. The van der Waals surface area contributed by atoms with Crippen molar-refractivity contribution < 1.29 is 9.57 Å². The van der Waals surface area contributed by atoms with Crippen LogP contribution in [0.1, 0.15) is 19.4 Å². The van der Waals surface area contributed by atoms with E-state index in [1.807, 2.05) is 44.3 Å². The lowest BCUT2D eigenvalue weighted by atomic mass is 10.1. The number of hydrogen-bond donors (Lipinski definition) is 1.